The Morgan fingerprint density at radius 2 is 2.25 bits per heavy atom. The van der Waals surface area contributed by atoms with E-state index < -0.39 is 11.6 Å². The van der Waals surface area contributed by atoms with Gasteiger partial charge in [0.25, 0.3) is 0 Å². The Balaban J connectivity index is 3.28. The number of benzene rings is 1. The van der Waals surface area contributed by atoms with E-state index in [1.807, 2.05) is 0 Å². The first-order valence-electron chi connectivity index (χ1n) is 4.82. The lowest BCUT2D eigenvalue weighted by atomic mass is 10.0. The van der Waals surface area contributed by atoms with Crippen molar-refractivity contribution in [3.63, 3.8) is 0 Å². The average Bonchev–Trinajstić information content (AvgIpc) is 2.24. The van der Waals surface area contributed by atoms with Crippen LogP contribution < -0.4 is 10.5 Å². The average molecular weight is 227 g/mol. The third-order valence-corrected chi connectivity index (χ3v) is 2.26. The summed E-state index contributed by atoms with van der Waals surface area (Å²) in [4.78, 5) is 11.5. The van der Waals surface area contributed by atoms with Crippen LogP contribution in [-0.2, 0) is 0 Å². The Kier molecular flexibility index (Phi) is 3.84. The van der Waals surface area contributed by atoms with Crippen LogP contribution in [-0.4, -0.2) is 24.5 Å². The summed E-state index contributed by atoms with van der Waals surface area (Å²) < 4.78 is 18.3. The van der Waals surface area contributed by atoms with Gasteiger partial charge in [0.1, 0.15) is 0 Å². The highest BCUT2D eigenvalue weighted by Crippen LogP contribution is 2.33. The molecule has 0 saturated heterocycles. The number of phenols is 1. The first kappa shape index (κ1) is 12.4. The predicted molar refractivity (Wildman–Crippen MR) is 57.4 cm³/mol. The Hall–Kier alpha value is -1.62. The van der Waals surface area contributed by atoms with Crippen molar-refractivity contribution >= 4 is 5.78 Å². The van der Waals surface area contributed by atoms with Crippen LogP contribution in [0.15, 0.2) is 6.07 Å². The fourth-order valence-electron chi connectivity index (χ4n) is 1.48. The van der Waals surface area contributed by atoms with Crippen LogP contribution >= 0.6 is 0 Å². The smallest absolute Gasteiger partial charge is 0.207 e. The number of phenolic OH excluding ortho intramolecular Hbond substituents is 1. The van der Waals surface area contributed by atoms with E-state index in [9.17, 15) is 14.3 Å². The van der Waals surface area contributed by atoms with Crippen molar-refractivity contribution in [3.05, 3.63) is 23.0 Å². The maximum absolute atomic E-state index is 13.6. The van der Waals surface area contributed by atoms with Gasteiger partial charge in [-0.05, 0) is 25.1 Å². The van der Waals surface area contributed by atoms with Crippen LogP contribution in [0.25, 0.3) is 0 Å². The molecule has 0 bridgehead atoms. The number of Topliss-reactive ketones (excluding diaryl/α,β-unsaturated/α-hetero) is 1. The van der Waals surface area contributed by atoms with Gasteiger partial charge in [-0.25, -0.2) is 0 Å². The molecule has 0 atom stereocenters. The van der Waals surface area contributed by atoms with E-state index in [2.05, 4.69) is 0 Å². The summed E-state index contributed by atoms with van der Waals surface area (Å²) in [6.07, 6.45) is 0.0682. The van der Waals surface area contributed by atoms with Crippen molar-refractivity contribution in [3.8, 4) is 11.5 Å². The van der Waals surface area contributed by atoms with Crippen molar-refractivity contribution in [1.82, 2.24) is 0 Å². The van der Waals surface area contributed by atoms with Gasteiger partial charge in [0.05, 0.1) is 12.7 Å². The first-order valence-corrected chi connectivity index (χ1v) is 4.82. The normalized spacial score (nSPS) is 10.2. The number of methoxy groups -OCH3 is 1. The highest BCUT2D eigenvalue weighted by molar-refractivity contribution is 5.99. The monoisotopic (exact) mass is 227 g/mol. The van der Waals surface area contributed by atoms with E-state index >= 15 is 0 Å². The van der Waals surface area contributed by atoms with Gasteiger partial charge in [0.15, 0.2) is 17.3 Å². The standard InChI is InChI=1S/C11H14FNO3/c1-6-5-7(8(14)3-4-13)10(15)9(12)11(6)16-2/h5,15H,3-4,13H2,1-2H3. The third-order valence-electron chi connectivity index (χ3n) is 2.26. The Labute approximate surface area is 92.8 Å². The number of nitrogens with two attached hydrogens (primary N) is 1. The highest BCUT2D eigenvalue weighted by atomic mass is 19.1. The number of rotatable bonds is 4. The van der Waals surface area contributed by atoms with Crippen LogP contribution in [0.2, 0.25) is 0 Å². The van der Waals surface area contributed by atoms with E-state index in [1.54, 1.807) is 6.92 Å². The second-order valence-corrected chi connectivity index (χ2v) is 3.40. The fraction of sp³-hybridized carbons (Fsp3) is 0.364. The molecule has 1 rings (SSSR count). The molecule has 1 aromatic rings. The van der Waals surface area contributed by atoms with Gasteiger partial charge < -0.3 is 15.6 Å². The number of hydrogen-bond acceptors (Lipinski definition) is 4. The molecule has 5 heteroatoms. The number of carbonyl (C=O) groups excluding carboxylic acids is 1. The topological polar surface area (TPSA) is 72.5 Å². The van der Waals surface area contributed by atoms with Crippen LogP contribution in [0.3, 0.4) is 0 Å². The van der Waals surface area contributed by atoms with Gasteiger partial charge in [0.2, 0.25) is 5.82 Å². The number of aromatic hydroxyl groups is 1. The minimum Gasteiger partial charge on any atom is -0.504 e. The zero-order valence-corrected chi connectivity index (χ0v) is 9.21. The molecule has 4 nitrogen and oxygen atoms in total. The zero-order valence-electron chi connectivity index (χ0n) is 9.21. The van der Waals surface area contributed by atoms with Crippen LogP contribution in [0.5, 0.6) is 11.5 Å². The van der Waals surface area contributed by atoms with Crippen molar-refractivity contribution in [2.45, 2.75) is 13.3 Å². The van der Waals surface area contributed by atoms with Gasteiger partial charge >= 0.3 is 0 Å². The molecule has 88 valence electrons. The van der Waals surface area contributed by atoms with Gasteiger partial charge in [-0.3, -0.25) is 4.79 Å². The molecule has 0 radical (unpaired) electrons. The van der Waals surface area contributed by atoms with Crippen molar-refractivity contribution < 1.29 is 19.0 Å². The van der Waals surface area contributed by atoms with Gasteiger partial charge in [-0.1, -0.05) is 0 Å². The minimum atomic E-state index is -0.914. The van der Waals surface area contributed by atoms with E-state index in [0.29, 0.717) is 5.56 Å². The molecule has 0 aliphatic rings. The Morgan fingerprint density at radius 3 is 2.75 bits per heavy atom. The summed E-state index contributed by atoms with van der Waals surface area (Å²) in [5, 5.41) is 9.51. The Bertz CT molecular complexity index is 418. The number of ketones is 1. The largest absolute Gasteiger partial charge is 0.504 e. The lowest BCUT2D eigenvalue weighted by molar-refractivity contribution is 0.0982. The number of aryl methyl sites for hydroxylation is 1. The molecule has 16 heavy (non-hydrogen) atoms. The molecular weight excluding hydrogens is 213 g/mol. The highest BCUT2D eigenvalue weighted by Gasteiger charge is 2.20. The second kappa shape index (κ2) is 4.94. The maximum Gasteiger partial charge on any atom is 0.207 e. The SMILES string of the molecule is COc1c(C)cc(C(=O)CCN)c(O)c1F. The lowest BCUT2D eigenvalue weighted by Gasteiger charge is -2.10. The molecule has 0 amide bonds. The van der Waals surface area contributed by atoms with Crippen molar-refractivity contribution in [2.75, 3.05) is 13.7 Å². The number of halogens is 1. The summed E-state index contributed by atoms with van der Waals surface area (Å²) in [7, 11) is 1.30. The summed E-state index contributed by atoms with van der Waals surface area (Å²) in [5.74, 6) is -2.03. The summed E-state index contributed by atoms with van der Waals surface area (Å²) in [6, 6.07) is 1.40. The molecule has 0 spiro atoms. The zero-order chi connectivity index (χ0) is 12.3. The van der Waals surface area contributed by atoms with Crippen molar-refractivity contribution in [1.29, 1.82) is 0 Å². The molecule has 0 aliphatic carbocycles. The minimum absolute atomic E-state index is 0.0539. The molecule has 0 aromatic heterocycles. The summed E-state index contributed by atoms with van der Waals surface area (Å²) in [5.41, 5.74) is 5.63. The Morgan fingerprint density at radius 1 is 1.62 bits per heavy atom. The van der Waals surface area contributed by atoms with E-state index in [0.717, 1.165) is 0 Å². The third kappa shape index (κ3) is 2.14. The molecule has 1 aromatic carbocycles. The molecule has 3 N–H and O–H groups in total. The molecule has 0 fully saturated rings. The second-order valence-electron chi connectivity index (χ2n) is 3.40. The number of carbonyl (C=O) groups is 1. The van der Waals surface area contributed by atoms with Crippen molar-refractivity contribution in [2.24, 2.45) is 5.73 Å². The van der Waals surface area contributed by atoms with Gasteiger partial charge in [-0.15, -0.1) is 0 Å². The van der Waals surface area contributed by atoms with Gasteiger partial charge in [-0.2, -0.15) is 4.39 Å². The quantitative estimate of drug-likeness (QED) is 0.762. The molecule has 0 unspecified atom stereocenters. The molecule has 0 saturated carbocycles. The lowest BCUT2D eigenvalue weighted by Crippen LogP contribution is -2.09. The number of ether oxygens (including phenoxy) is 1. The van der Waals surface area contributed by atoms with E-state index in [1.165, 1.54) is 13.2 Å². The molecular formula is C11H14FNO3. The number of hydrogen-bond donors (Lipinski definition) is 2. The van der Waals surface area contributed by atoms with Gasteiger partial charge in [0, 0.05) is 6.42 Å². The fourth-order valence-corrected chi connectivity index (χ4v) is 1.48. The van der Waals surface area contributed by atoms with Crippen LogP contribution in [0.4, 0.5) is 4.39 Å². The predicted octanol–water partition coefficient (Wildman–Crippen LogP) is 1.38. The molecule has 0 aliphatic heterocycles. The molecule has 0 heterocycles. The summed E-state index contributed by atoms with van der Waals surface area (Å²) in [6.45, 7) is 1.76. The van der Waals surface area contributed by atoms with E-state index in [-0.39, 0.29) is 30.1 Å². The first-order chi connectivity index (χ1) is 7.52. The van der Waals surface area contributed by atoms with Crippen LogP contribution in [0.1, 0.15) is 22.3 Å². The van der Waals surface area contributed by atoms with Crippen LogP contribution in [0, 0.1) is 12.7 Å². The van der Waals surface area contributed by atoms with E-state index in [4.69, 9.17) is 10.5 Å². The summed E-state index contributed by atoms with van der Waals surface area (Å²) >= 11 is 0. The maximum atomic E-state index is 13.6.